The molecule has 1 aromatic carbocycles. The van der Waals surface area contributed by atoms with Gasteiger partial charge in [-0.3, -0.25) is 0 Å². The highest BCUT2D eigenvalue weighted by Crippen LogP contribution is 2.35. The van der Waals surface area contributed by atoms with Crippen molar-refractivity contribution in [1.82, 2.24) is 0 Å². The minimum Gasteiger partial charge on any atom is -0.391 e. The van der Waals surface area contributed by atoms with Crippen LogP contribution in [0.3, 0.4) is 0 Å². The molecule has 0 fully saturated rings. The minimum absolute atomic E-state index is 0.704. The van der Waals surface area contributed by atoms with E-state index in [0.717, 1.165) is 18.2 Å². The average molecular weight is 237 g/mol. The van der Waals surface area contributed by atoms with Crippen molar-refractivity contribution < 1.29 is 22.7 Å². The number of benzene rings is 1. The Morgan fingerprint density at radius 3 is 2.31 bits per heavy atom. The molecule has 0 aromatic heterocycles. The van der Waals surface area contributed by atoms with Crippen molar-refractivity contribution in [3.63, 3.8) is 0 Å². The van der Waals surface area contributed by atoms with Crippen molar-refractivity contribution in [2.24, 2.45) is 5.73 Å². The standard InChI is InChI=1S/C10H11F4NO/c1-5(16)9(15)8-6(10(12,13)14)3-2-4-7(8)11/h2-5,9,16H,15H2,1H3/t5-,9-/m1/s1. The molecule has 90 valence electrons. The fourth-order valence-corrected chi connectivity index (χ4v) is 1.36. The summed E-state index contributed by atoms with van der Waals surface area (Å²) in [6.45, 7) is 1.21. The largest absolute Gasteiger partial charge is 0.416 e. The molecule has 1 rings (SSSR count). The van der Waals surface area contributed by atoms with Crippen LogP contribution in [0.4, 0.5) is 17.6 Å². The Morgan fingerprint density at radius 1 is 1.31 bits per heavy atom. The third-order valence-corrected chi connectivity index (χ3v) is 2.21. The van der Waals surface area contributed by atoms with Gasteiger partial charge in [0.05, 0.1) is 17.7 Å². The van der Waals surface area contributed by atoms with Crippen LogP contribution in [0.1, 0.15) is 24.1 Å². The molecule has 2 nitrogen and oxygen atoms in total. The van der Waals surface area contributed by atoms with E-state index < -0.39 is 35.3 Å². The van der Waals surface area contributed by atoms with E-state index in [1.165, 1.54) is 6.92 Å². The Morgan fingerprint density at radius 2 is 1.88 bits per heavy atom. The Bertz CT molecular complexity index is 376. The van der Waals surface area contributed by atoms with Crippen LogP contribution >= 0.6 is 0 Å². The first-order valence-corrected chi connectivity index (χ1v) is 4.54. The predicted molar refractivity (Wildman–Crippen MR) is 50.0 cm³/mol. The molecule has 0 aliphatic rings. The first-order valence-electron chi connectivity index (χ1n) is 4.54. The number of hydrogen-bond acceptors (Lipinski definition) is 2. The van der Waals surface area contributed by atoms with Crippen molar-refractivity contribution >= 4 is 0 Å². The van der Waals surface area contributed by atoms with Gasteiger partial charge < -0.3 is 10.8 Å². The molecule has 0 spiro atoms. The van der Waals surface area contributed by atoms with Gasteiger partial charge in [-0.2, -0.15) is 13.2 Å². The summed E-state index contributed by atoms with van der Waals surface area (Å²) >= 11 is 0. The summed E-state index contributed by atoms with van der Waals surface area (Å²) in [5.74, 6) is -1.07. The quantitative estimate of drug-likeness (QED) is 0.775. The highest BCUT2D eigenvalue weighted by Gasteiger charge is 2.36. The second kappa shape index (κ2) is 4.39. The van der Waals surface area contributed by atoms with Crippen LogP contribution in [0, 0.1) is 5.82 Å². The van der Waals surface area contributed by atoms with Gasteiger partial charge in [-0.15, -0.1) is 0 Å². The molecule has 0 aliphatic heterocycles. The molecule has 0 heterocycles. The zero-order valence-corrected chi connectivity index (χ0v) is 8.42. The number of alkyl halides is 3. The molecule has 6 heteroatoms. The monoisotopic (exact) mass is 237 g/mol. The number of aliphatic hydroxyl groups is 1. The third kappa shape index (κ3) is 2.51. The zero-order chi connectivity index (χ0) is 12.5. The molecule has 0 aliphatic carbocycles. The van der Waals surface area contributed by atoms with Crippen LogP contribution in [0.15, 0.2) is 18.2 Å². The second-order valence-corrected chi connectivity index (χ2v) is 3.47. The molecule has 16 heavy (non-hydrogen) atoms. The fraction of sp³-hybridized carbons (Fsp3) is 0.400. The molecule has 0 saturated heterocycles. The molecule has 2 atom stereocenters. The number of nitrogens with two attached hydrogens (primary N) is 1. The van der Waals surface area contributed by atoms with E-state index in [9.17, 15) is 17.6 Å². The zero-order valence-electron chi connectivity index (χ0n) is 8.42. The number of halogens is 4. The lowest BCUT2D eigenvalue weighted by molar-refractivity contribution is -0.138. The highest BCUT2D eigenvalue weighted by molar-refractivity contribution is 5.34. The summed E-state index contributed by atoms with van der Waals surface area (Å²) in [7, 11) is 0. The van der Waals surface area contributed by atoms with Gasteiger partial charge in [-0.25, -0.2) is 4.39 Å². The van der Waals surface area contributed by atoms with Gasteiger partial charge in [-0.1, -0.05) is 6.07 Å². The van der Waals surface area contributed by atoms with Gasteiger partial charge in [0, 0.05) is 5.56 Å². The van der Waals surface area contributed by atoms with Crippen LogP contribution < -0.4 is 5.73 Å². The molecule has 0 bridgehead atoms. The van der Waals surface area contributed by atoms with E-state index in [4.69, 9.17) is 10.8 Å². The summed E-state index contributed by atoms with van der Waals surface area (Å²) in [6, 6.07) is 1.17. The van der Waals surface area contributed by atoms with Gasteiger partial charge in [-0.05, 0) is 19.1 Å². The summed E-state index contributed by atoms with van der Waals surface area (Å²) in [5.41, 5.74) is 3.49. The van der Waals surface area contributed by atoms with Crippen molar-refractivity contribution in [3.8, 4) is 0 Å². The van der Waals surface area contributed by atoms with Gasteiger partial charge in [0.25, 0.3) is 0 Å². The van der Waals surface area contributed by atoms with Gasteiger partial charge in [0.15, 0.2) is 0 Å². The number of rotatable bonds is 2. The first kappa shape index (κ1) is 12.9. The normalized spacial score (nSPS) is 15.9. The highest BCUT2D eigenvalue weighted by atomic mass is 19.4. The average Bonchev–Trinajstić information content (AvgIpc) is 2.14. The molecule has 0 unspecified atom stereocenters. The molecule has 3 N–H and O–H groups in total. The van der Waals surface area contributed by atoms with Crippen LogP contribution in [0.5, 0.6) is 0 Å². The van der Waals surface area contributed by atoms with Gasteiger partial charge in [0.2, 0.25) is 0 Å². The third-order valence-electron chi connectivity index (χ3n) is 2.21. The summed E-state index contributed by atoms with van der Waals surface area (Å²) in [4.78, 5) is 0. The summed E-state index contributed by atoms with van der Waals surface area (Å²) < 4.78 is 50.9. The van der Waals surface area contributed by atoms with Crippen LogP contribution in [0.2, 0.25) is 0 Å². The molecule has 0 radical (unpaired) electrons. The van der Waals surface area contributed by atoms with Gasteiger partial charge in [0.1, 0.15) is 5.82 Å². The van der Waals surface area contributed by atoms with Crippen LogP contribution in [-0.2, 0) is 6.18 Å². The lowest BCUT2D eigenvalue weighted by atomic mass is 9.96. The Labute approximate surface area is 89.7 Å². The SMILES string of the molecule is C[C@@H](O)[C@@H](N)c1c(F)cccc1C(F)(F)F. The smallest absolute Gasteiger partial charge is 0.391 e. The Balaban J connectivity index is 3.35. The van der Waals surface area contributed by atoms with Gasteiger partial charge >= 0.3 is 6.18 Å². The molecular weight excluding hydrogens is 226 g/mol. The lowest BCUT2D eigenvalue weighted by Crippen LogP contribution is -2.27. The van der Waals surface area contributed by atoms with E-state index in [1.807, 2.05) is 0 Å². The van der Waals surface area contributed by atoms with E-state index in [1.54, 1.807) is 0 Å². The summed E-state index contributed by atoms with van der Waals surface area (Å²) in [6.07, 6.45) is -5.96. The number of hydrogen-bond donors (Lipinski definition) is 2. The van der Waals surface area contributed by atoms with Crippen LogP contribution in [-0.4, -0.2) is 11.2 Å². The summed E-state index contributed by atoms with van der Waals surface area (Å²) in [5, 5.41) is 9.13. The maximum absolute atomic E-state index is 13.3. The number of aliphatic hydroxyl groups excluding tert-OH is 1. The molecule has 0 saturated carbocycles. The molecule has 1 aromatic rings. The van der Waals surface area contributed by atoms with Crippen molar-refractivity contribution in [2.75, 3.05) is 0 Å². The topological polar surface area (TPSA) is 46.2 Å². The van der Waals surface area contributed by atoms with E-state index in [2.05, 4.69) is 0 Å². The molecular formula is C10H11F4NO. The first-order chi connectivity index (χ1) is 7.25. The Hall–Kier alpha value is -1.14. The van der Waals surface area contributed by atoms with Crippen molar-refractivity contribution in [1.29, 1.82) is 0 Å². The maximum Gasteiger partial charge on any atom is 0.416 e. The maximum atomic E-state index is 13.3. The minimum atomic E-state index is -4.69. The second-order valence-electron chi connectivity index (χ2n) is 3.47. The predicted octanol–water partition coefficient (Wildman–Crippen LogP) is 2.23. The van der Waals surface area contributed by atoms with Crippen molar-refractivity contribution in [2.45, 2.75) is 25.2 Å². The van der Waals surface area contributed by atoms with Crippen molar-refractivity contribution in [3.05, 3.63) is 35.1 Å². The molecule has 0 amide bonds. The Kier molecular flexibility index (Phi) is 3.54. The lowest BCUT2D eigenvalue weighted by Gasteiger charge is -2.20. The van der Waals surface area contributed by atoms with E-state index in [-0.39, 0.29) is 0 Å². The van der Waals surface area contributed by atoms with E-state index in [0.29, 0.717) is 0 Å². The van der Waals surface area contributed by atoms with E-state index >= 15 is 0 Å². The van der Waals surface area contributed by atoms with Crippen LogP contribution in [0.25, 0.3) is 0 Å². The fourth-order valence-electron chi connectivity index (χ4n) is 1.36.